The van der Waals surface area contributed by atoms with E-state index in [0.29, 0.717) is 23.4 Å². The van der Waals surface area contributed by atoms with Crippen molar-refractivity contribution >= 4 is 27.7 Å². The molecule has 0 aromatic carbocycles. The van der Waals surface area contributed by atoms with Gasteiger partial charge >= 0.3 is 0 Å². The molecule has 1 saturated heterocycles. The van der Waals surface area contributed by atoms with E-state index in [1.54, 1.807) is 0 Å². The second-order valence-corrected chi connectivity index (χ2v) is 5.58. The first-order chi connectivity index (χ1) is 7.40. The van der Waals surface area contributed by atoms with Crippen LogP contribution < -0.4 is 5.32 Å². The summed E-state index contributed by atoms with van der Waals surface area (Å²) in [6, 6.07) is -0.381. The summed E-state index contributed by atoms with van der Waals surface area (Å²) in [5.41, 5.74) is 0. The lowest BCUT2D eigenvalue weighted by Gasteiger charge is -2.33. The van der Waals surface area contributed by atoms with Crippen LogP contribution in [0.2, 0.25) is 0 Å². The molecule has 0 aromatic rings. The minimum Gasteiger partial charge on any atom is -0.343 e. The Hall–Kier alpha value is -0.840. The van der Waals surface area contributed by atoms with Gasteiger partial charge in [0, 0.05) is 4.48 Å². The normalized spacial score (nSPS) is 21.2. The van der Waals surface area contributed by atoms with E-state index in [1.807, 2.05) is 13.8 Å². The first-order valence-electron chi connectivity index (χ1n) is 5.31. The topological polar surface area (TPSA) is 49.4 Å². The number of rotatable bonds is 4. The van der Waals surface area contributed by atoms with Gasteiger partial charge in [-0.05, 0) is 12.3 Å². The molecule has 4 nitrogen and oxygen atoms in total. The highest BCUT2D eigenvalue weighted by Crippen LogP contribution is 2.14. The third-order valence-electron chi connectivity index (χ3n) is 2.35. The summed E-state index contributed by atoms with van der Waals surface area (Å²) >= 11 is 3.21. The van der Waals surface area contributed by atoms with Crippen molar-refractivity contribution < 1.29 is 9.59 Å². The molecule has 16 heavy (non-hydrogen) atoms. The average molecular weight is 289 g/mol. The maximum absolute atomic E-state index is 12.0. The number of carbonyl (C=O) groups excluding carboxylic acids is 2. The largest absolute Gasteiger partial charge is 0.343 e. The number of piperazine rings is 1. The molecule has 0 spiro atoms. The Kier molecular flexibility index (Phi) is 4.53. The molecule has 1 heterocycles. The van der Waals surface area contributed by atoms with Gasteiger partial charge in [-0.1, -0.05) is 36.4 Å². The van der Waals surface area contributed by atoms with Gasteiger partial charge in [0.1, 0.15) is 6.04 Å². The fourth-order valence-electron chi connectivity index (χ4n) is 1.75. The zero-order chi connectivity index (χ0) is 12.3. The summed E-state index contributed by atoms with van der Waals surface area (Å²) in [4.78, 5) is 25.0. The maximum atomic E-state index is 12.0. The standard InChI is InChI=1S/C11H17BrN2O2/c1-7(2)4-9-11(16)14(5-8(3)12)6-10(15)13-9/h7,9H,3-6H2,1-2H3,(H,13,15). The Labute approximate surface area is 104 Å². The highest BCUT2D eigenvalue weighted by Gasteiger charge is 2.32. The second kappa shape index (κ2) is 5.48. The fourth-order valence-corrected chi connectivity index (χ4v) is 2.05. The van der Waals surface area contributed by atoms with Crippen LogP contribution in [-0.4, -0.2) is 35.8 Å². The van der Waals surface area contributed by atoms with Crippen LogP contribution in [0, 0.1) is 5.92 Å². The van der Waals surface area contributed by atoms with Crippen LogP contribution in [0.5, 0.6) is 0 Å². The Bertz CT molecular complexity index is 313. The van der Waals surface area contributed by atoms with Crippen molar-refractivity contribution in [1.29, 1.82) is 0 Å². The number of nitrogens with zero attached hydrogens (tertiary/aromatic N) is 1. The molecule has 0 saturated carbocycles. The van der Waals surface area contributed by atoms with E-state index in [4.69, 9.17) is 0 Å². The third kappa shape index (κ3) is 3.63. The van der Waals surface area contributed by atoms with Gasteiger partial charge in [-0.15, -0.1) is 0 Å². The molecule has 0 radical (unpaired) electrons. The van der Waals surface area contributed by atoms with Gasteiger partial charge in [0.25, 0.3) is 0 Å². The van der Waals surface area contributed by atoms with Crippen LogP contribution in [0.4, 0.5) is 0 Å². The predicted octanol–water partition coefficient (Wildman–Crippen LogP) is 1.27. The quantitative estimate of drug-likeness (QED) is 0.847. The van der Waals surface area contributed by atoms with Crippen LogP contribution in [0.1, 0.15) is 20.3 Å². The van der Waals surface area contributed by atoms with Crippen LogP contribution in [-0.2, 0) is 9.59 Å². The molecule has 5 heteroatoms. The van der Waals surface area contributed by atoms with Crippen molar-refractivity contribution in [3.8, 4) is 0 Å². The van der Waals surface area contributed by atoms with E-state index in [1.165, 1.54) is 4.90 Å². The Morgan fingerprint density at radius 1 is 1.62 bits per heavy atom. The van der Waals surface area contributed by atoms with Crippen molar-refractivity contribution in [3.05, 3.63) is 11.1 Å². The second-order valence-electron chi connectivity index (χ2n) is 4.46. The van der Waals surface area contributed by atoms with E-state index >= 15 is 0 Å². The van der Waals surface area contributed by atoms with Gasteiger partial charge in [0.15, 0.2) is 0 Å². The number of hydrogen-bond acceptors (Lipinski definition) is 2. The minimum absolute atomic E-state index is 0.0195. The summed E-state index contributed by atoms with van der Waals surface area (Å²) < 4.78 is 0.707. The Morgan fingerprint density at radius 2 is 2.25 bits per heavy atom. The lowest BCUT2D eigenvalue weighted by Crippen LogP contribution is -2.58. The molecule has 1 rings (SSSR count). The van der Waals surface area contributed by atoms with Gasteiger partial charge < -0.3 is 10.2 Å². The molecule has 2 amide bonds. The number of hydrogen-bond donors (Lipinski definition) is 1. The summed E-state index contributed by atoms with van der Waals surface area (Å²) in [5, 5.41) is 2.73. The molecule has 1 N–H and O–H groups in total. The molecule has 1 aliphatic rings. The summed E-state index contributed by atoms with van der Waals surface area (Å²) in [6.07, 6.45) is 0.676. The van der Waals surface area contributed by atoms with Crippen molar-refractivity contribution in [3.63, 3.8) is 0 Å². The molecular weight excluding hydrogens is 272 g/mol. The molecule has 1 fully saturated rings. The smallest absolute Gasteiger partial charge is 0.245 e. The number of carbonyl (C=O) groups is 2. The van der Waals surface area contributed by atoms with Gasteiger partial charge in [-0.3, -0.25) is 9.59 Å². The highest BCUT2D eigenvalue weighted by molar-refractivity contribution is 9.11. The van der Waals surface area contributed by atoms with Gasteiger partial charge in [-0.25, -0.2) is 0 Å². The first kappa shape index (κ1) is 13.2. The van der Waals surface area contributed by atoms with Crippen LogP contribution in [0.15, 0.2) is 11.1 Å². The monoisotopic (exact) mass is 288 g/mol. The summed E-state index contributed by atoms with van der Waals surface area (Å²) in [5.74, 6) is 0.259. The zero-order valence-corrected chi connectivity index (χ0v) is 11.2. The Morgan fingerprint density at radius 3 is 2.75 bits per heavy atom. The van der Waals surface area contributed by atoms with E-state index in [9.17, 15) is 9.59 Å². The lowest BCUT2D eigenvalue weighted by atomic mass is 10.0. The van der Waals surface area contributed by atoms with E-state index < -0.39 is 0 Å². The van der Waals surface area contributed by atoms with Crippen LogP contribution in [0.3, 0.4) is 0 Å². The Balaban J connectivity index is 2.69. The first-order valence-corrected chi connectivity index (χ1v) is 6.11. The van der Waals surface area contributed by atoms with Crippen LogP contribution in [0.25, 0.3) is 0 Å². The molecule has 1 aliphatic heterocycles. The summed E-state index contributed by atoms with van der Waals surface area (Å²) in [6.45, 7) is 8.26. The van der Waals surface area contributed by atoms with E-state index in [-0.39, 0.29) is 24.4 Å². The van der Waals surface area contributed by atoms with Crippen molar-refractivity contribution in [1.82, 2.24) is 10.2 Å². The molecule has 0 bridgehead atoms. The molecule has 1 unspecified atom stereocenters. The van der Waals surface area contributed by atoms with Gasteiger partial charge in [-0.2, -0.15) is 0 Å². The maximum Gasteiger partial charge on any atom is 0.245 e. The van der Waals surface area contributed by atoms with E-state index in [0.717, 1.165) is 0 Å². The number of halogens is 1. The average Bonchev–Trinajstić information content (AvgIpc) is 2.11. The minimum atomic E-state index is -0.381. The summed E-state index contributed by atoms with van der Waals surface area (Å²) in [7, 11) is 0. The number of amides is 2. The molecule has 0 aliphatic carbocycles. The van der Waals surface area contributed by atoms with Crippen molar-refractivity contribution in [2.24, 2.45) is 5.92 Å². The van der Waals surface area contributed by atoms with Gasteiger partial charge in [0.2, 0.25) is 11.8 Å². The molecule has 0 aromatic heterocycles. The lowest BCUT2D eigenvalue weighted by molar-refractivity contribution is -0.144. The van der Waals surface area contributed by atoms with Crippen molar-refractivity contribution in [2.75, 3.05) is 13.1 Å². The van der Waals surface area contributed by atoms with Gasteiger partial charge in [0.05, 0.1) is 13.1 Å². The number of nitrogens with one attached hydrogen (secondary N) is 1. The molecule has 1 atom stereocenters. The SMILES string of the molecule is C=C(Br)CN1CC(=O)NC(CC(C)C)C1=O. The highest BCUT2D eigenvalue weighted by atomic mass is 79.9. The van der Waals surface area contributed by atoms with Crippen molar-refractivity contribution in [2.45, 2.75) is 26.3 Å². The van der Waals surface area contributed by atoms with E-state index in [2.05, 4.69) is 27.8 Å². The molecule has 90 valence electrons. The fraction of sp³-hybridized carbons (Fsp3) is 0.636. The van der Waals surface area contributed by atoms with Crippen LogP contribution >= 0.6 is 15.9 Å². The predicted molar refractivity (Wildman–Crippen MR) is 66.0 cm³/mol. The molecular formula is C11H17BrN2O2. The third-order valence-corrected chi connectivity index (χ3v) is 2.60. The zero-order valence-electron chi connectivity index (χ0n) is 9.62.